The summed E-state index contributed by atoms with van der Waals surface area (Å²) in [7, 11) is 1.54. The monoisotopic (exact) mass is 269 g/mol. The Morgan fingerprint density at radius 2 is 2.22 bits per heavy atom. The van der Waals surface area contributed by atoms with E-state index in [0.717, 1.165) is 18.7 Å². The van der Waals surface area contributed by atoms with Crippen molar-refractivity contribution in [2.45, 2.75) is 38.8 Å². The fourth-order valence-corrected chi connectivity index (χ4v) is 2.75. The smallest absolute Gasteiger partial charge is 0.162 e. The van der Waals surface area contributed by atoms with E-state index in [1.807, 2.05) is 6.07 Å². The van der Waals surface area contributed by atoms with Gasteiger partial charge in [0.2, 0.25) is 0 Å². The fourth-order valence-electron chi connectivity index (χ4n) is 2.52. The number of benzene rings is 1. The molecule has 0 aliphatic carbocycles. The van der Waals surface area contributed by atoms with Gasteiger partial charge in [-0.3, -0.25) is 4.90 Å². The lowest BCUT2D eigenvalue weighted by Gasteiger charge is -2.33. The lowest BCUT2D eigenvalue weighted by atomic mass is 10.0. The summed E-state index contributed by atoms with van der Waals surface area (Å²) in [6.45, 7) is 4.04. The summed E-state index contributed by atoms with van der Waals surface area (Å²) < 4.78 is 5.13. The van der Waals surface area contributed by atoms with Gasteiger partial charge >= 0.3 is 0 Å². The number of likely N-dealkylation sites (tertiary alicyclic amines) is 1. The molecule has 0 radical (unpaired) electrons. The minimum atomic E-state index is 0.208. The average molecular weight is 270 g/mol. The van der Waals surface area contributed by atoms with Gasteiger partial charge in [-0.2, -0.15) is 0 Å². The fraction of sp³-hybridized carbons (Fsp3) is 0.571. The molecular weight excluding hydrogens is 250 g/mol. The molecule has 1 saturated heterocycles. The highest BCUT2D eigenvalue weighted by Gasteiger charge is 2.20. The average Bonchev–Trinajstić information content (AvgIpc) is 2.36. The summed E-state index contributed by atoms with van der Waals surface area (Å²) in [6.07, 6.45) is 3.74. The zero-order valence-corrected chi connectivity index (χ0v) is 11.7. The first kappa shape index (κ1) is 13.5. The first-order valence-electron chi connectivity index (χ1n) is 6.41. The van der Waals surface area contributed by atoms with Crippen LogP contribution in [-0.2, 0) is 6.54 Å². The number of phenolic OH excluding ortho intramolecular Hbond substituents is 1. The molecule has 0 saturated carbocycles. The van der Waals surface area contributed by atoms with Crippen molar-refractivity contribution >= 4 is 11.6 Å². The molecule has 1 fully saturated rings. The van der Waals surface area contributed by atoms with Gasteiger partial charge in [-0.25, -0.2) is 0 Å². The first-order valence-corrected chi connectivity index (χ1v) is 6.79. The van der Waals surface area contributed by atoms with Gasteiger partial charge in [0, 0.05) is 29.2 Å². The van der Waals surface area contributed by atoms with Crippen molar-refractivity contribution in [1.29, 1.82) is 0 Å². The Labute approximate surface area is 113 Å². The Morgan fingerprint density at radius 1 is 1.44 bits per heavy atom. The van der Waals surface area contributed by atoms with E-state index in [-0.39, 0.29) is 5.75 Å². The molecule has 1 unspecified atom stereocenters. The minimum absolute atomic E-state index is 0.208. The standard InChI is InChI=1S/C14H20ClNO2/c1-10-5-3-4-6-16(10)9-11-7-12(15)8-13(18-2)14(11)17/h7-8,10,17H,3-6,9H2,1-2H3. The summed E-state index contributed by atoms with van der Waals surface area (Å²) in [5, 5.41) is 10.7. The maximum atomic E-state index is 10.1. The molecule has 1 aliphatic heterocycles. The highest BCUT2D eigenvalue weighted by atomic mass is 35.5. The van der Waals surface area contributed by atoms with E-state index >= 15 is 0 Å². The predicted molar refractivity (Wildman–Crippen MR) is 73.4 cm³/mol. The van der Waals surface area contributed by atoms with Crippen LogP contribution in [0, 0.1) is 0 Å². The lowest BCUT2D eigenvalue weighted by molar-refractivity contribution is 0.151. The second kappa shape index (κ2) is 5.81. The predicted octanol–water partition coefficient (Wildman–Crippen LogP) is 3.43. The highest BCUT2D eigenvalue weighted by Crippen LogP contribution is 2.35. The topological polar surface area (TPSA) is 32.7 Å². The number of halogens is 1. The van der Waals surface area contributed by atoms with Crippen molar-refractivity contribution in [2.24, 2.45) is 0 Å². The first-order chi connectivity index (χ1) is 8.61. The summed E-state index contributed by atoms with van der Waals surface area (Å²) >= 11 is 6.05. The molecule has 1 heterocycles. The van der Waals surface area contributed by atoms with Crippen LogP contribution in [0.25, 0.3) is 0 Å². The van der Waals surface area contributed by atoms with Crippen LogP contribution in [0.2, 0.25) is 5.02 Å². The summed E-state index contributed by atoms with van der Waals surface area (Å²) in [5.41, 5.74) is 0.841. The molecule has 100 valence electrons. The number of phenols is 1. The second-order valence-corrected chi connectivity index (χ2v) is 5.37. The molecule has 0 bridgehead atoms. The molecule has 18 heavy (non-hydrogen) atoms. The van der Waals surface area contributed by atoms with Crippen molar-refractivity contribution in [3.63, 3.8) is 0 Å². The summed E-state index contributed by atoms with van der Waals surface area (Å²) in [5.74, 6) is 0.654. The Hall–Kier alpha value is -0.930. The van der Waals surface area contributed by atoms with E-state index in [1.165, 1.54) is 19.3 Å². The number of ether oxygens (including phenoxy) is 1. The van der Waals surface area contributed by atoms with Gasteiger partial charge in [0.15, 0.2) is 11.5 Å². The molecule has 0 amide bonds. The Bertz CT molecular complexity index is 423. The SMILES string of the molecule is COc1cc(Cl)cc(CN2CCCCC2C)c1O. The van der Waals surface area contributed by atoms with Crippen LogP contribution in [-0.4, -0.2) is 29.7 Å². The Morgan fingerprint density at radius 3 is 2.89 bits per heavy atom. The quantitative estimate of drug-likeness (QED) is 0.913. The summed E-state index contributed by atoms with van der Waals surface area (Å²) in [6, 6.07) is 4.02. The third-order valence-corrected chi connectivity index (χ3v) is 3.87. The minimum Gasteiger partial charge on any atom is -0.504 e. The number of piperidine rings is 1. The van der Waals surface area contributed by atoms with Gasteiger partial charge in [0.05, 0.1) is 7.11 Å². The van der Waals surface area contributed by atoms with Crippen molar-refractivity contribution in [3.8, 4) is 11.5 Å². The van der Waals surface area contributed by atoms with Gasteiger partial charge < -0.3 is 9.84 Å². The van der Waals surface area contributed by atoms with E-state index < -0.39 is 0 Å². The third-order valence-electron chi connectivity index (χ3n) is 3.65. The summed E-state index contributed by atoms with van der Waals surface area (Å²) in [4.78, 5) is 2.38. The molecule has 0 spiro atoms. The molecule has 0 aromatic heterocycles. The van der Waals surface area contributed by atoms with Crippen molar-refractivity contribution in [1.82, 2.24) is 4.90 Å². The molecule has 4 heteroatoms. The lowest BCUT2D eigenvalue weighted by Crippen LogP contribution is -2.36. The van der Waals surface area contributed by atoms with E-state index in [9.17, 15) is 5.11 Å². The van der Waals surface area contributed by atoms with Crippen LogP contribution < -0.4 is 4.74 Å². The molecule has 2 rings (SSSR count). The molecule has 1 aromatic carbocycles. The number of rotatable bonds is 3. The van der Waals surface area contributed by atoms with Gasteiger partial charge in [0.1, 0.15) is 0 Å². The maximum Gasteiger partial charge on any atom is 0.162 e. The number of methoxy groups -OCH3 is 1. The van der Waals surface area contributed by atoms with E-state index in [4.69, 9.17) is 16.3 Å². The number of aromatic hydroxyl groups is 1. The van der Waals surface area contributed by atoms with Crippen LogP contribution in [0.15, 0.2) is 12.1 Å². The molecule has 1 aliphatic rings. The van der Waals surface area contributed by atoms with E-state index in [0.29, 0.717) is 16.8 Å². The molecular formula is C14H20ClNO2. The number of hydrogen-bond acceptors (Lipinski definition) is 3. The Balaban J connectivity index is 2.20. The van der Waals surface area contributed by atoms with Gasteiger partial charge in [-0.1, -0.05) is 18.0 Å². The normalized spacial score (nSPS) is 20.9. The van der Waals surface area contributed by atoms with Crippen LogP contribution in [0.1, 0.15) is 31.7 Å². The number of nitrogens with zero attached hydrogens (tertiary/aromatic N) is 1. The van der Waals surface area contributed by atoms with Crippen molar-refractivity contribution < 1.29 is 9.84 Å². The van der Waals surface area contributed by atoms with Crippen LogP contribution in [0.3, 0.4) is 0 Å². The zero-order valence-electron chi connectivity index (χ0n) is 10.9. The van der Waals surface area contributed by atoms with Crippen molar-refractivity contribution in [2.75, 3.05) is 13.7 Å². The van der Waals surface area contributed by atoms with E-state index in [1.54, 1.807) is 13.2 Å². The molecule has 1 N–H and O–H groups in total. The highest BCUT2D eigenvalue weighted by molar-refractivity contribution is 6.30. The Kier molecular flexibility index (Phi) is 4.36. The van der Waals surface area contributed by atoms with Gasteiger partial charge in [0.25, 0.3) is 0 Å². The van der Waals surface area contributed by atoms with Gasteiger partial charge in [-0.05, 0) is 32.4 Å². The zero-order chi connectivity index (χ0) is 13.1. The molecule has 1 atom stereocenters. The number of hydrogen-bond donors (Lipinski definition) is 1. The molecule has 3 nitrogen and oxygen atoms in total. The largest absolute Gasteiger partial charge is 0.504 e. The van der Waals surface area contributed by atoms with Crippen LogP contribution in [0.4, 0.5) is 0 Å². The second-order valence-electron chi connectivity index (χ2n) is 4.93. The van der Waals surface area contributed by atoms with Crippen LogP contribution >= 0.6 is 11.6 Å². The maximum absolute atomic E-state index is 10.1. The molecule has 1 aromatic rings. The van der Waals surface area contributed by atoms with Crippen LogP contribution in [0.5, 0.6) is 11.5 Å². The third kappa shape index (κ3) is 2.90. The van der Waals surface area contributed by atoms with E-state index in [2.05, 4.69) is 11.8 Å². The van der Waals surface area contributed by atoms with Crippen molar-refractivity contribution in [3.05, 3.63) is 22.7 Å². The van der Waals surface area contributed by atoms with Gasteiger partial charge in [-0.15, -0.1) is 0 Å².